The fourth-order valence-electron chi connectivity index (χ4n) is 2.21. The van der Waals surface area contributed by atoms with Gasteiger partial charge in [0, 0.05) is 24.5 Å². The smallest absolute Gasteiger partial charge is 0.113 e. The van der Waals surface area contributed by atoms with E-state index in [-0.39, 0.29) is 0 Å². The number of rotatable bonds is 5. The molecule has 0 spiro atoms. The molecule has 3 rings (SSSR count). The Labute approximate surface area is 117 Å². The maximum absolute atomic E-state index is 4.27. The van der Waals surface area contributed by atoms with Crippen LogP contribution in [0.15, 0.2) is 42.7 Å². The average molecular weight is 267 g/mol. The molecule has 0 saturated heterocycles. The summed E-state index contributed by atoms with van der Waals surface area (Å²) in [4.78, 5) is 4.21. The largest absolute Gasteiger partial charge is 0.313 e. The normalized spacial score (nSPS) is 11.1. The van der Waals surface area contributed by atoms with Crippen LogP contribution in [0.2, 0.25) is 0 Å². The third kappa shape index (κ3) is 2.40. The maximum Gasteiger partial charge on any atom is 0.113 e. The van der Waals surface area contributed by atoms with Crippen molar-refractivity contribution in [1.29, 1.82) is 0 Å². The van der Waals surface area contributed by atoms with Crippen LogP contribution in [0.4, 0.5) is 0 Å². The van der Waals surface area contributed by atoms with E-state index in [1.807, 2.05) is 41.2 Å². The summed E-state index contributed by atoms with van der Waals surface area (Å²) in [7, 11) is 0. The summed E-state index contributed by atoms with van der Waals surface area (Å²) in [6, 6.07) is 9.94. The number of nitrogens with one attached hydrogen (secondary N) is 1. The minimum absolute atomic E-state index is 0.783. The van der Waals surface area contributed by atoms with Gasteiger partial charge in [-0.15, -0.1) is 5.10 Å². The van der Waals surface area contributed by atoms with Gasteiger partial charge in [-0.2, -0.15) is 0 Å². The van der Waals surface area contributed by atoms with Crippen LogP contribution in [0.25, 0.3) is 16.7 Å². The Hall–Kier alpha value is -2.27. The molecule has 1 N–H and O–H groups in total. The SMILES string of the molecule is CCCNCc1cnccc1-n1nnc2ccccc21. The number of aromatic nitrogens is 4. The van der Waals surface area contributed by atoms with Gasteiger partial charge in [0.2, 0.25) is 0 Å². The van der Waals surface area contributed by atoms with Crippen LogP contribution in [0, 0.1) is 0 Å². The van der Waals surface area contributed by atoms with Crippen molar-refractivity contribution in [1.82, 2.24) is 25.3 Å². The van der Waals surface area contributed by atoms with Crippen LogP contribution in [0.3, 0.4) is 0 Å². The van der Waals surface area contributed by atoms with Gasteiger partial charge >= 0.3 is 0 Å². The molecule has 0 saturated carbocycles. The lowest BCUT2D eigenvalue weighted by atomic mass is 10.2. The number of hydrogen-bond donors (Lipinski definition) is 1. The molecule has 1 aromatic carbocycles. The Kier molecular flexibility index (Phi) is 3.69. The van der Waals surface area contributed by atoms with Crippen LogP contribution >= 0.6 is 0 Å². The van der Waals surface area contributed by atoms with E-state index < -0.39 is 0 Å². The van der Waals surface area contributed by atoms with Gasteiger partial charge in [-0.3, -0.25) is 4.98 Å². The average Bonchev–Trinajstić information content (AvgIpc) is 2.92. The highest BCUT2D eigenvalue weighted by Gasteiger charge is 2.09. The Bertz CT molecular complexity index is 704. The van der Waals surface area contributed by atoms with E-state index in [1.54, 1.807) is 6.20 Å². The third-order valence-electron chi connectivity index (χ3n) is 3.20. The summed E-state index contributed by atoms with van der Waals surface area (Å²) in [5.74, 6) is 0. The van der Waals surface area contributed by atoms with Crippen molar-refractivity contribution in [3.63, 3.8) is 0 Å². The third-order valence-corrected chi connectivity index (χ3v) is 3.20. The summed E-state index contributed by atoms with van der Waals surface area (Å²) in [5.41, 5.74) is 4.06. The van der Waals surface area contributed by atoms with Gasteiger partial charge in [-0.1, -0.05) is 24.3 Å². The van der Waals surface area contributed by atoms with E-state index in [2.05, 4.69) is 27.5 Å². The van der Waals surface area contributed by atoms with Gasteiger partial charge in [0.15, 0.2) is 0 Å². The molecule has 2 aromatic heterocycles. The van der Waals surface area contributed by atoms with Crippen molar-refractivity contribution in [3.8, 4) is 5.69 Å². The zero-order chi connectivity index (χ0) is 13.8. The van der Waals surface area contributed by atoms with E-state index in [0.29, 0.717) is 0 Å². The molecule has 0 fully saturated rings. The minimum Gasteiger partial charge on any atom is -0.313 e. The Morgan fingerprint density at radius 3 is 3.00 bits per heavy atom. The molecule has 0 aliphatic heterocycles. The first kappa shape index (κ1) is 12.7. The Balaban J connectivity index is 2.01. The van der Waals surface area contributed by atoms with Crippen LogP contribution in [-0.2, 0) is 6.54 Å². The number of benzene rings is 1. The predicted octanol–water partition coefficient (Wildman–Crippen LogP) is 2.32. The molecule has 0 bridgehead atoms. The van der Waals surface area contributed by atoms with Gasteiger partial charge in [-0.25, -0.2) is 4.68 Å². The molecule has 0 amide bonds. The van der Waals surface area contributed by atoms with Crippen molar-refractivity contribution in [2.45, 2.75) is 19.9 Å². The van der Waals surface area contributed by atoms with E-state index in [4.69, 9.17) is 0 Å². The summed E-state index contributed by atoms with van der Waals surface area (Å²) in [6.45, 7) is 3.93. The first-order valence-corrected chi connectivity index (χ1v) is 6.84. The van der Waals surface area contributed by atoms with Gasteiger partial charge in [0.05, 0.1) is 11.2 Å². The minimum atomic E-state index is 0.783. The van der Waals surface area contributed by atoms with E-state index >= 15 is 0 Å². The molecule has 0 radical (unpaired) electrons. The monoisotopic (exact) mass is 267 g/mol. The molecule has 2 heterocycles. The summed E-state index contributed by atoms with van der Waals surface area (Å²) >= 11 is 0. The quantitative estimate of drug-likeness (QED) is 0.721. The van der Waals surface area contributed by atoms with Gasteiger partial charge in [0.1, 0.15) is 5.52 Å². The number of nitrogens with zero attached hydrogens (tertiary/aromatic N) is 4. The molecule has 0 unspecified atom stereocenters. The highest BCUT2D eigenvalue weighted by atomic mass is 15.4. The predicted molar refractivity (Wildman–Crippen MR) is 78.7 cm³/mol. The molecule has 5 nitrogen and oxygen atoms in total. The van der Waals surface area contributed by atoms with E-state index in [9.17, 15) is 0 Å². The Morgan fingerprint density at radius 1 is 1.20 bits per heavy atom. The molecule has 5 heteroatoms. The highest BCUT2D eigenvalue weighted by Crippen LogP contribution is 2.18. The van der Waals surface area contributed by atoms with Crippen LogP contribution < -0.4 is 5.32 Å². The molecule has 0 atom stereocenters. The van der Waals surface area contributed by atoms with Crippen molar-refractivity contribution in [3.05, 3.63) is 48.3 Å². The van der Waals surface area contributed by atoms with Crippen molar-refractivity contribution in [2.24, 2.45) is 0 Å². The highest BCUT2D eigenvalue weighted by molar-refractivity contribution is 5.76. The number of fused-ring (bicyclic) bond motifs is 1. The molecule has 3 aromatic rings. The topological polar surface area (TPSA) is 55.6 Å². The summed E-state index contributed by atoms with van der Waals surface area (Å²) < 4.78 is 1.87. The zero-order valence-electron chi connectivity index (χ0n) is 11.5. The fraction of sp³-hybridized carbons (Fsp3) is 0.267. The van der Waals surface area contributed by atoms with Crippen LogP contribution in [0.5, 0.6) is 0 Å². The first-order chi connectivity index (χ1) is 9.90. The molecule has 102 valence electrons. The molecule has 0 aliphatic carbocycles. The van der Waals surface area contributed by atoms with Crippen LogP contribution in [0.1, 0.15) is 18.9 Å². The Morgan fingerprint density at radius 2 is 2.10 bits per heavy atom. The number of pyridine rings is 1. The van der Waals surface area contributed by atoms with Gasteiger partial charge in [-0.05, 0) is 31.2 Å². The van der Waals surface area contributed by atoms with E-state index in [0.717, 1.165) is 41.8 Å². The second-order valence-electron chi connectivity index (χ2n) is 4.67. The van der Waals surface area contributed by atoms with E-state index in [1.165, 1.54) is 0 Å². The van der Waals surface area contributed by atoms with Crippen molar-refractivity contribution in [2.75, 3.05) is 6.54 Å². The second-order valence-corrected chi connectivity index (χ2v) is 4.67. The molecule has 20 heavy (non-hydrogen) atoms. The van der Waals surface area contributed by atoms with Crippen LogP contribution in [-0.4, -0.2) is 26.5 Å². The lowest BCUT2D eigenvalue weighted by Crippen LogP contribution is -2.16. The molecular weight excluding hydrogens is 250 g/mol. The number of para-hydroxylation sites is 1. The molecular formula is C15H17N5. The van der Waals surface area contributed by atoms with Gasteiger partial charge < -0.3 is 5.32 Å². The van der Waals surface area contributed by atoms with Crippen molar-refractivity contribution < 1.29 is 0 Å². The maximum atomic E-state index is 4.27. The fourth-order valence-corrected chi connectivity index (χ4v) is 2.21. The second kappa shape index (κ2) is 5.79. The lowest BCUT2D eigenvalue weighted by molar-refractivity contribution is 0.667. The van der Waals surface area contributed by atoms with Gasteiger partial charge in [0.25, 0.3) is 0 Å². The summed E-state index contributed by atoms with van der Waals surface area (Å²) in [5, 5.41) is 11.9. The first-order valence-electron chi connectivity index (χ1n) is 6.84. The standard InChI is InChI=1S/C15H17N5/c1-2-8-16-10-12-11-17-9-7-14(12)20-15-6-4-3-5-13(15)18-19-20/h3-7,9,11,16H,2,8,10H2,1H3. The lowest BCUT2D eigenvalue weighted by Gasteiger charge is -2.09. The zero-order valence-corrected chi connectivity index (χ0v) is 11.5. The number of hydrogen-bond acceptors (Lipinski definition) is 4. The summed E-state index contributed by atoms with van der Waals surface area (Å²) in [6.07, 6.45) is 4.78. The van der Waals surface area contributed by atoms with Crippen molar-refractivity contribution >= 4 is 11.0 Å². The molecule has 0 aliphatic rings.